The summed E-state index contributed by atoms with van der Waals surface area (Å²) in [5, 5.41) is 14.1. The van der Waals surface area contributed by atoms with Crippen LogP contribution < -0.4 is 5.32 Å². The Hall–Kier alpha value is -1.60. The van der Waals surface area contributed by atoms with Crippen LogP contribution in [0.15, 0.2) is 23.1 Å². The number of ether oxygens (including phenoxy) is 1. The molecule has 0 aliphatic carbocycles. The van der Waals surface area contributed by atoms with Gasteiger partial charge in [0.2, 0.25) is 0 Å². The van der Waals surface area contributed by atoms with Crippen molar-refractivity contribution in [2.45, 2.75) is 44.1 Å². The molecule has 1 N–H and O–H groups in total. The molecule has 0 aromatic heterocycles. The molecule has 0 spiro atoms. The molecule has 0 bridgehead atoms. The van der Waals surface area contributed by atoms with Crippen LogP contribution >= 0.6 is 11.8 Å². The lowest BCUT2D eigenvalue weighted by Crippen LogP contribution is -2.31. The zero-order valence-electron chi connectivity index (χ0n) is 14.1. The molecule has 1 fully saturated rings. The summed E-state index contributed by atoms with van der Waals surface area (Å²) in [7, 11) is 0. The van der Waals surface area contributed by atoms with Gasteiger partial charge >= 0.3 is 0 Å². The number of nitrogens with zero attached hydrogens (tertiary/aromatic N) is 1. The molecule has 7 heteroatoms. The molecule has 1 aromatic carbocycles. The highest BCUT2D eigenvalue weighted by molar-refractivity contribution is 7.99. The fraction of sp³-hybridized carbons (Fsp3) is 0.588. The number of nitro benzene ring substituents is 1. The van der Waals surface area contributed by atoms with Crippen molar-refractivity contribution >= 4 is 23.4 Å². The maximum atomic E-state index is 12.2. The summed E-state index contributed by atoms with van der Waals surface area (Å²) in [6, 6.07) is 4.68. The Bertz CT molecular complexity index is 586. The van der Waals surface area contributed by atoms with Gasteiger partial charge in [-0.1, -0.05) is 13.8 Å². The molecule has 1 aliphatic rings. The van der Waals surface area contributed by atoms with Gasteiger partial charge < -0.3 is 10.1 Å². The molecule has 24 heavy (non-hydrogen) atoms. The molecule has 1 aliphatic heterocycles. The van der Waals surface area contributed by atoms with Gasteiger partial charge in [-0.3, -0.25) is 14.9 Å². The first-order valence-corrected chi connectivity index (χ1v) is 9.27. The summed E-state index contributed by atoms with van der Waals surface area (Å²) in [5.41, 5.74) is 0.307. The zero-order valence-corrected chi connectivity index (χ0v) is 14.9. The van der Waals surface area contributed by atoms with Gasteiger partial charge in [-0.2, -0.15) is 0 Å². The van der Waals surface area contributed by atoms with Crippen molar-refractivity contribution in [3.05, 3.63) is 33.9 Å². The number of carbonyl (C=O) groups excluding carboxylic acids is 1. The molecule has 2 rings (SSSR count). The molecule has 1 amide bonds. The highest BCUT2D eigenvalue weighted by Crippen LogP contribution is 2.31. The Labute approximate surface area is 146 Å². The second-order valence-electron chi connectivity index (χ2n) is 6.32. The van der Waals surface area contributed by atoms with Crippen LogP contribution in [0.1, 0.15) is 43.5 Å². The first kappa shape index (κ1) is 18.7. The highest BCUT2D eigenvalue weighted by Gasteiger charge is 2.20. The van der Waals surface area contributed by atoms with E-state index < -0.39 is 4.92 Å². The minimum Gasteiger partial charge on any atom is -0.376 e. The Morgan fingerprint density at radius 3 is 2.92 bits per heavy atom. The number of nitro groups is 1. The minimum absolute atomic E-state index is 0.00600. The second-order valence-corrected chi connectivity index (χ2v) is 7.45. The third-order valence-corrected chi connectivity index (χ3v) is 4.98. The number of hydrogen-bond acceptors (Lipinski definition) is 5. The van der Waals surface area contributed by atoms with Crippen LogP contribution in [0.25, 0.3) is 0 Å². The van der Waals surface area contributed by atoms with Crippen LogP contribution in [0, 0.1) is 16.0 Å². The fourth-order valence-electron chi connectivity index (χ4n) is 2.44. The van der Waals surface area contributed by atoms with E-state index >= 15 is 0 Å². The van der Waals surface area contributed by atoms with Gasteiger partial charge in [0.15, 0.2) is 0 Å². The molecular formula is C17H24N2O4S. The van der Waals surface area contributed by atoms with E-state index in [9.17, 15) is 14.9 Å². The normalized spacial score (nSPS) is 17.2. The number of nitrogens with one attached hydrogen (secondary N) is 1. The van der Waals surface area contributed by atoms with Gasteiger partial charge in [-0.05, 0) is 43.1 Å². The summed E-state index contributed by atoms with van der Waals surface area (Å²) < 4.78 is 5.46. The van der Waals surface area contributed by atoms with Gasteiger partial charge in [-0.25, -0.2) is 0 Å². The average Bonchev–Trinajstić information content (AvgIpc) is 3.05. The largest absolute Gasteiger partial charge is 0.376 e. The predicted octanol–water partition coefficient (Wildman–Crippen LogP) is 3.64. The van der Waals surface area contributed by atoms with Crippen LogP contribution in [0.2, 0.25) is 0 Å². The van der Waals surface area contributed by atoms with E-state index in [0.29, 0.717) is 22.9 Å². The van der Waals surface area contributed by atoms with Crippen molar-refractivity contribution in [1.82, 2.24) is 5.32 Å². The average molecular weight is 352 g/mol. The van der Waals surface area contributed by atoms with Crippen molar-refractivity contribution in [2.24, 2.45) is 5.92 Å². The van der Waals surface area contributed by atoms with Gasteiger partial charge in [0.25, 0.3) is 11.6 Å². The summed E-state index contributed by atoms with van der Waals surface area (Å²) in [6.07, 6.45) is 2.99. The van der Waals surface area contributed by atoms with Crippen molar-refractivity contribution < 1.29 is 14.5 Å². The van der Waals surface area contributed by atoms with E-state index in [2.05, 4.69) is 19.2 Å². The summed E-state index contributed by atoms with van der Waals surface area (Å²) in [6.45, 7) is 5.42. The van der Waals surface area contributed by atoms with Crippen molar-refractivity contribution in [1.29, 1.82) is 0 Å². The monoisotopic (exact) mass is 352 g/mol. The molecule has 132 valence electrons. The quantitative estimate of drug-likeness (QED) is 0.439. The molecular weight excluding hydrogens is 328 g/mol. The lowest BCUT2D eigenvalue weighted by Gasteiger charge is -2.11. The topological polar surface area (TPSA) is 81.5 Å². The van der Waals surface area contributed by atoms with Crippen LogP contribution in [0.4, 0.5) is 5.69 Å². The zero-order chi connectivity index (χ0) is 17.5. The number of hydrogen-bond donors (Lipinski definition) is 1. The lowest BCUT2D eigenvalue weighted by atomic mass is 10.1. The van der Waals surface area contributed by atoms with Gasteiger partial charge in [0, 0.05) is 24.8 Å². The molecule has 1 atom stereocenters. The van der Waals surface area contributed by atoms with Crippen LogP contribution in [0.3, 0.4) is 0 Å². The van der Waals surface area contributed by atoms with Gasteiger partial charge in [-0.15, -0.1) is 11.8 Å². The van der Waals surface area contributed by atoms with E-state index in [1.807, 2.05) is 0 Å². The predicted molar refractivity (Wildman–Crippen MR) is 94.6 cm³/mol. The Morgan fingerprint density at radius 2 is 2.29 bits per heavy atom. The molecule has 1 saturated heterocycles. The van der Waals surface area contributed by atoms with Gasteiger partial charge in [0.05, 0.1) is 15.9 Å². The van der Waals surface area contributed by atoms with E-state index in [0.717, 1.165) is 31.6 Å². The highest BCUT2D eigenvalue weighted by atomic mass is 32.2. The fourth-order valence-corrected chi connectivity index (χ4v) is 3.70. The van der Waals surface area contributed by atoms with Gasteiger partial charge in [0.1, 0.15) is 0 Å². The third kappa shape index (κ3) is 5.49. The SMILES string of the molecule is CC(C)CCSc1ccc(C(=O)NCC2CCCO2)cc1[N+](=O)[O-]. The first-order chi connectivity index (χ1) is 11.5. The molecule has 0 radical (unpaired) electrons. The summed E-state index contributed by atoms with van der Waals surface area (Å²) in [4.78, 5) is 23.7. The van der Waals surface area contributed by atoms with E-state index in [1.54, 1.807) is 12.1 Å². The van der Waals surface area contributed by atoms with Crippen molar-refractivity contribution in [3.63, 3.8) is 0 Å². The molecule has 1 unspecified atom stereocenters. The maximum absolute atomic E-state index is 12.2. The molecule has 6 nitrogen and oxygen atoms in total. The van der Waals surface area contributed by atoms with E-state index in [-0.39, 0.29) is 17.7 Å². The summed E-state index contributed by atoms with van der Waals surface area (Å²) >= 11 is 1.46. The minimum atomic E-state index is -0.422. The first-order valence-electron chi connectivity index (χ1n) is 8.28. The lowest BCUT2D eigenvalue weighted by molar-refractivity contribution is -0.387. The Kier molecular flexibility index (Phi) is 7.05. The maximum Gasteiger partial charge on any atom is 0.283 e. The van der Waals surface area contributed by atoms with E-state index in [1.165, 1.54) is 17.8 Å². The number of rotatable bonds is 8. The van der Waals surface area contributed by atoms with Crippen LogP contribution in [-0.2, 0) is 4.74 Å². The smallest absolute Gasteiger partial charge is 0.283 e. The summed E-state index contributed by atoms with van der Waals surface area (Å²) in [5.74, 6) is 1.08. The Balaban J connectivity index is 2.00. The number of amides is 1. The number of thioether (sulfide) groups is 1. The molecule has 0 saturated carbocycles. The van der Waals surface area contributed by atoms with Crippen LogP contribution in [-0.4, -0.2) is 35.8 Å². The van der Waals surface area contributed by atoms with Crippen LogP contribution in [0.5, 0.6) is 0 Å². The van der Waals surface area contributed by atoms with Crippen molar-refractivity contribution in [2.75, 3.05) is 18.9 Å². The van der Waals surface area contributed by atoms with E-state index in [4.69, 9.17) is 4.74 Å². The number of benzene rings is 1. The molecule has 1 heterocycles. The van der Waals surface area contributed by atoms with Crippen molar-refractivity contribution in [3.8, 4) is 0 Å². The molecule has 1 aromatic rings. The second kappa shape index (κ2) is 9.03. The standard InChI is InChI=1S/C17H24N2O4S/c1-12(2)7-9-24-16-6-5-13(10-15(16)19(21)22)17(20)18-11-14-4-3-8-23-14/h5-6,10,12,14H,3-4,7-9,11H2,1-2H3,(H,18,20). The Morgan fingerprint density at radius 1 is 1.50 bits per heavy atom. The third-order valence-electron chi connectivity index (χ3n) is 3.88. The number of carbonyl (C=O) groups is 1.